The van der Waals surface area contributed by atoms with Crippen LogP contribution >= 0.6 is 0 Å². The van der Waals surface area contributed by atoms with Crippen molar-refractivity contribution in [2.75, 3.05) is 27.3 Å². The van der Waals surface area contributed by atoms with Gasteiger partial charge in [0.2, 0.25) is 0 Å². The molecule has 1 aromatic rings. The lowest BCUT2D eigenvalue weighted by atomic mass is 10.0. The maximum absolute atomic E-state index is 5.78. The Morgan fingerprint density at radius 1 is 1.16 bits per heavy atom. The van der Waals surface area contributed by atoms with E-state index in [1.54, 1.807) is 7.11 Å². The summed E-state index contributed by atoms with van der Waals surface area (Å²) in [6.45, 7) is 6.56. The molecular formula is C16H27NO2. The fraction of sp³-hybridized carbons (Fsp3) is 0.625. The van der Waals surface area contributed by atoms with Crippen LogP contribution in [0.3, 0.4) is 0 Å². The van der Waals surface area contributed by atoms with Gasteiger partial charge in [-0.1, -0.05) is 24.3 Å². The molecule has 1 N–H and O–H groups in total. The van der Waals surface area contributed by atoms with Crippen LogP contribution in [0, 0.1) is 0 Å². The van der Waals surface area contributed by atoms with Gasteiger partial charge in [0.25, 0.3) is 0 Å². The van der Waals surface area contributed by atoms with Gasteiger partial charge in [-0.3, -0.25) is 0 Å². The van der Waals surface area contributed by atoms with Gasteiger partial charge in [-0.2, -0.15) is 0 Å². The first-order valence-corrected chi connectivity index (χ1v) is 6.93. The largest absolute Gasteiger partial charge is 0.379 e. The van der Waals surface area contributed by atoms with Crippen LogP contribution in [-0.2, 0) is 22.5 Å². The SMILES string of the molecule is CNCCc1ccccc1COCCC(C)(C)OC. The third kappa shape index (κ3) is 6.19. The summed E-state index contributed by atoms with van der Waals surface area (Å²) >= 11 is 0. The second kappa shape index (κ2) is 8.31. The van der Waals surface area contributed by atoms with Gasteiger partial charge in [0, 0.05) is 13.7 Å². The Bertz CT molecular complexity index is 364. The summed E-state index contributed by atoms with van der Waals surface area (Å²) in [5.41, 5.74) is 2.54. The van der Waals surface area contributed by atoms with Crippen LogP contribution in [0.5, 0.6) is 0 Å². The lowest BCUT2D eigenvalue weighted by Crippen LogP contribution is -2.24. The van der Waals surface area contributed by atoms with Gasteiger partial charge in [0.05, 0.1) is 12.2 Å². The van der Waals surface area contributed by atoms with Crippen molar-refractivity contribution in [3.8, 4) is 0 Å². The monoisotopic (exact) mass is 265 g/mol. The van der Waals surface area contributed by atoms with Gasteiger partial charge >= 0.3 is 0 Å². The molecule has 0 unspecified atom stereocenters. The molecule has 0 aromatic heterocycles. The molecule has 3 heteroatoms. The van der Waals surface area contributed by atoms with Gasteiger partial charge in [0.15, 0.2) is 0 Å². The number of nitrogens with one attached hydrogen (secondary N) is 1. The first-order valence-electron chi connectivity index (χ1n) is 6.93. The lowest BCUT2D eigenvalue weighted by Gasteiger charge is -2.22. The highest BCUT2D eigenvalue weighted by Gasteiger charge is 2.15. The van der Waals surface area contributed by atoms with E-state index in [1.807, 2.05) is 7.05 Å². The summed E-state index contributed by atoms with van der Waals surface area (Å²) < 4.78 is 11.2. The average Bonchev–Trinajstić information content (AvgIpc) is 2.42. The van der Waals surface area contributed by atoms with Crippen LogP contribution in [0.4, 0.5) is 0 Å². The molecule has 108 valence electrons. The molecule has 0 aliphatic carbocycles. The van der Waals surface area contributed by atoms with E-state index in [-0.39, 0.29) is 5.60 Å². The fourth-order valence-electron chi connectivity index (χ4n) is 1.80. The second-order valence-corrected chi connectivity index (χ2v) is 5.39. The van der Waals surface area contributed by atoms with Crippen molar-refractivity contribution >= 4 is 0 Å². The Morgan fingerprint density at radius 2 is 1.84 bits per heavy atom. The zero-order chi connectivity index (χ0) is 14.1. The number of hydrogen-bond donors (Lipinski definition) is 1. The number of rotatable bonds is 9. The van der Waals surface area contributed by atoms with E-state index in [0.29, 0.717) is 6.61 Å². The number of hydrogen-bond acceptors (Lipinski definition) is 3. The van der Waals surface area contributed by atoms with Crippen molar-refractivity contribution in [2.24, 2.45) is 0 Å². The summed E-state index contributed by atoms with van der Waals surface area (Å²) in [6.07, 6.45) is 1.95. The van der Waals surface area contributed by atoms with Crippen molar-refractivity contribution in [3.05, 3.63) is 35.4 Å². The Morgan fingerprint density at radius 3 is 2.47 bits per heavy atom. The van der Waals surface area contributed by atoms with E-state index in [2.05, 4.69) is 43.4 Å². The van der Waals surface area contributed by atoms with Crippen molar-refractivity contribution < 1.29 is 9.47 Å². The smallest absolute Gasteiger partial charge is 0.0719 e. The Balaban J connectivity index is 2.40. The van der Waals surface area contributed by atoms with E-state index in [4.69, 9.17) is 9.47 Å². The topological polar surface area (TPSA) is 30.5 Å². The van der Waals surface area contributed by atoms with Crippen LogP contribution in [0.1, 0.15) is 31.4 Å². The molecule has 0 radical (unpaired) electrons. The second-order valence-electron chi connectivity index (χ2n) is 5.39. The summed E-state index contributed by atoms with van der Waals surface area (Å²) in [6, 6.07) is 8.48. The summed E-state index contributed by atoms with van der Waals surface area (Å²) in [7, 11) is 3.72. The zero-order valence-electron chi connectivity index (χ0n) is 12.7. The van der Waals surface area contributed by atoms with E-state index < -0.39 is 0 Å². The molecule has 0 aliphatic rings. The molecule has 19 heavy (non-hydrogen) atoms. The number of likely N-dealkylation sites (N-methyl/N-ethyl adjacent to an activating group) is 1. The molecule has 0 saturated carbocycles. The molecule has 3 nitrogen and oxygen atoms in total. The summed E-state index contributed by atoms with van der Waals surface area (Å²) in [4.78, 5) is 0. The van der Waals surface area contributed by atoms with Gasteiger partial charge in [-0.05, 0) is 51.4 Å². The summed E-state index contributed by atoms with van der Waals surface area (Å²) in [5, 5.41) is 3.18. The van der Waals surface area contributed by atoms with Crippen molar-refractivity contribution in [3.63, 3.8) is 0 Å². The predicted octanol–water partition coefficient (Wildman–Crippen LogP) is 2.78. The molecule has 0 aliphatic heterocycles. The molecular weight excluding hydrogens is 238 g/mol. The number of benzene rings is 1. The normalized spacial score (nSPS) is 11.8. The molecule has 0 spiro atoms. The van der Waals surface area contributed by atoms with E-state index >= 15 is 0 Å². The van der Waals surface area contributed by atoms with Crippen LogP contribution in [-0.4, -0.2) is 32.9 Å². The first-order chi connectivity index (χ1) is 9.09. The van der Waals surface area contributed by atoms with Crippen LogP contribution in [0.2, 0.25) is 0 Å². The number of methoxy groups -OCH3 is 1. The van der Waals surface area contributed by atoms with Crippen molar-refractivity contribution in [2.45, 2.75) is 38.9 Å². The maximum atomic E-state index is 5.78. The molecule has 0 heterocycles. The molecule has 0 fully saturated rings. The van der Waals surface area contributed by atoms with Gasteiger partial charge in [-0.15, -0.1) is 0 Å². The summed E-state index contributed by atoms with van der Waals surface area (Å²) in [5.74, 6) is 0. The average molecular weight is 265 g/mol. The Hall–Kier alpha value is -0.900. The van der Waals surface area contributed by atoms with Gasteiger partial charge in [0.1, 0.15) is 0 Å². The number of ether oxygens (including phenoxy) is 2. The van der Waals surface area contributed by atoms with Gasteiger partial charge < -0.3 is 14.8 Å². The van der Waals surface area contributed by atoms with Crippen molar-refractivity contribution in [1.82, 2.24) is 5.32 Å². The molecule has 1 aromatic carbocycles. The predicted molar refractivity (Wildman–Crippen MR) is 79.4 cm³/mol. The van der Waals surface area contributed by atoms with Crippen LogP contribution in [0.15, 0.2) is 24.3 Å². The van der Waals surface area contributed by atoms with Crippen LogP contribution < -0.4 is 5.32 Å². The van der Waals surface area contributed by atoms with Gasteiger partial charge in [-0.25, -0.2) is 0 Å². The highest BCUT2D eigenvalue weighted by molar-refractivity contribution is 5.26. The third-order valence-corrected chi connectivity index (χ3v) is 3.42. The molecule has 0 saturated heterocycles. The quantitative estimate of drug-likeness (QED) is 0.696. The van der Waals surface area contributed by atoms with E-state index in [0.717, 1.165) is 26.0 Å². The molecule has 1 rings (SSSR count). The minimum absolute atomic E-state index is 0.106. The Labute approximate surface area is 117 Å². The highest BCUT2D eigenvalue weighted by Crippen LogP contribution is 2.15. The molecule has 0 bridgehead atoms. The minimum Gasteiger partial charge on any atom is -0.379 e. The van der Waals surface area contributed by atoms with E-state index in [1.165, 1.54) is 11.1 Å². The fourth-order valence-corrected chi connectivity index (χ4v) is 1.80. The third-order valence-electron chi connectivity index (χ3n) is 3.42. The Kier molecular flexibility index (Phi) is 7.06. The highest BCUT2D eigenvalue weighted by atomic mass is 16.5. The van der Waals surface area contributed by atoms with Crippen LogP contribution in [0.25, 0.3) is 0 Å². The lowest BCUT2D eigenvalue weighted by molar-refractivity contribution is -0.0125. The maximum Gasteiger partial charge on any atom is 0.0719 e. The minimum atomic E-state index is -0.106. The standard InChI is InChI=1S/C16H27NO2/c1-16(2,18-4)10-12-19-13-15-8-6-5-7-14(15)9-11-17-3/h5-8,17H,9-13H2,1-4H3. The molecule has 0 amide bonds. The van der Waals surface area contributed by atoms with E-state index in [9.17, 15) is 0 Å². The molecule has 0 atom stereocenters. The first kappa shape index (κ1) is 16.2. The zero-order valence-corrected chi connectivity index (χ0v) is 12.7. The van der Waals surface area contributed by atoms with Crippen molar-refractivity contribution in [1.29, 1.82) is 0 Å².